The lowest BCUT2D eigenvalue weighted by Crippen LogP contribution is -2.35. The van der Waals surface area contributed by atoms with Crippen LogP contribution in [-0.2, 0) is 16.9 Å². The van der Waals surface area contributed by atoms with Crippen LogP contribution in [0.2, 0.25) is 5.02 Å². The van der Waals surface area contributed by atoms with Gasteiger partial charge in [-0.1, -0.05) is 23.7 Å². The van der Waals surface area contributed by atoms with E-state index in [0.29, 0.717) is 10.6 Å². The Bertz CT molecular complexity index is 1440. The van der Waals surface area contributed by atoms with Gasteiger partial charge < -0.3 is 9.88 Å². The Morgan fingerprint density at radius 1 is 1.17 bits per heavy atom. The zero-order valence-corrected chi connectivity index (χ0v) is 21.1. The van der Waals surface area contributed by atoms with Gasteiger partial charge in [-0.2, -0.15) is 5.26 Å². The van der Waals surface area contributed by atoms with Crippen LogP contribution in [0.3, 0.4) is 0 Å². The second-order valence-corrected chi connectivity index (χ2v) is 11.5. The lowest BCUT2D eigenvalue weighted by Gasteiger charge is -2.21. The normalized spacial score (nSPS) is 12.4. The summed E-state index contributed by atoms with van der Waals surface area (Å²) in [6.45, 7) is 4.43. The summed E-state index contributed by atoms with van der Waals surface area (Å²) >= 11 is 6.10. The number of amides is 1. The van der Waals surface area contributed by atoms with Crippen molar-refractivity contribution in [3.8, 4) is 17.2 Å². The van der Waals surface area contributed by atoms with Crippen LogP contribution in [0.1, 0.15) is 47.1 Å². The molecule has 0 saturated carbocycles. The molecule has 0 aliphatic heterocycles. The number of aryl methyl sites for hydroxylation is 1. The van der Waals surface area contributed by atoms with Crippen molar-refractivity contribution < 1.29 is 22.0 Å². The van der Waals surface area contributed by atoms with Crippen molar-refractivity contribution in [2.75, 3.05) is 5.75 Å². The minimum absolute atomic E-state index is 0.0446. The number of nitrogens with one attached hydrogen (secondary N) is 1. The maximum absolute atomic E-state index is 14.9. The summed E-state index contributed by atoms with van der Waals surface area (Å²) in [5.74, 6) is -2.64. The van der Waals surface area contributed by atoms with Gasteiger partial charge in [-0.3, -0.25) is 4.79 Å². The maximum Gasteiger partial charge on any atom is 0.254 e. The number of benzene rings is 2. The highest BCUT2D eigenvalue weighted by molar-refractivity contribution is 7.92. The molecule has 0 radical (unpaired) electrons. The third-order valence-corrected chi connectivity index (χ3v) is 8.27. The number of nitriles is 1. The van der Waals surface area contributed by atoms with E-state index in [2.05, 4.69) is 5.32 Å². The Labute approximate surface area is 208 Å². The number of hydrogen-bond donors (Lipinski definition) is 1. The van der Waals surface area contributed by atoms with E-state index < -0.39 is 44.4 Å². The van der Waals surface area contributed by atoms with Crippen molar-refractivity contribution in [3.63, 3.8) is 0 Å². The lowest BCUT2D eigenvalue weighted by molar-refractivity contribution is 0.0941. The molecule has 1 N–H and O–H groups in total. The molecule has 1 amide bonds. The van der Waals surface area contributed by atoms with Crippen LogP contribution in [0.15, 0.2) is 42.6 Å². The standard InChI is InChI=1S/C25H24ClF2N3O3S/c1-14(2)35(33,34)13-21(16-6-5-7-17(26)10-16)30-25(32)18-12-31(4)22(11-29)24(18)23-15(3)19(27)8-9-20(23)28/h5-10,12,14,21H,13H2,1-4H3,(H,30,32)/t21-/m0/s1. The molecule has 6 nitrogen and oxygen atoms in total. The largest absolute Gasteiger partial charge is 0.344 e. The van der Waals surface area contributed by atoms with Crippen LogP contribution in [0.4, 0.5) is 8.78 Å². The molecule has 0 unspecified atom stereocenters. The van der Waals surface area contributed by atoms with Gasteiger partial charge in [0.25, 0.3) is 5.91 Å². The van der Waals surface area contributed by atoms with E-state index in [-0.39, 0.29) is 27.9 Å². The number of sulfone groups is 1. The molecule has 0 saturated heterocycles. The van der Waals surface area contributed by atoms with Gasteiger partial charge >= 0.3 is 0 Å². The minimum atomic E-state index is -3.60. The molecule has 184 valence electrons. The molecule has 10 heteroatoms. The Kier molecular flexibility index (Phi) is 7.68. The molecule has 3 aromatic rings. The number of carbonyl (C=O) groups excluding carboxylic acids is 1. The molecule has 0 fully saturated rings. The number of halogens is 3. The molecule has 2 aromatic carbocycles. The molecule has 0 aliphatic rings. The Morgan fingerprint density at radius 2 is 1.83 bits per heavy atom. The van der Waals surface area contributed by atoms with E-state index in [9.17, 15) is 27.3 Å². The summed E-state index contributed by atoms with van der Waals surface area (Å²) in [5, 5.41) is 12.1. The fourth-order valence-electron chi connectivity index (χ4n) is 3.75. The monoisotopic (exact) mass is 519 g/mol. The maximum atomic E-state index is 14.9. The van der Waals surface area contributed by atoms with Crippen LogP contribution in [0, 0.1) is 29.9 Å². The SMILES string of the molecule is Cc1c(F)ccc(F)c1-c1c(C(=O)N[C@@H](CS(=O)(=O)C(C)C)c2cccc(Cl)c2)cn(C)c1C#N. The zero-order chi connectivity index (χ0) is 26.1. The number of carbonyl (C=O) groups is 1. The van der Waals surface area contributed by atoms with Crippen LogP contribution < -0.4 is 5.32 Å². The first-order chi connectivity index (χ1) is 16.4. The van der Waals surface area contributed by atoms with E-state index in [1.165, 1.54) is 38.6 Å². The van der Waals surface area contributed by atoms with Crippen molar-refractivity contribution in [2.45, 2.75) is 32.1 Å². The summed E-state index contributed by atoms with van der Waals surface area (Å²) in [6.07, 6.45) is 1.33. The van der Waals surface area contributed by atoms with Crippen molar-refractivity contribution in [2.24, 2.45) is 7.05 Å². The molecular weight excluding hydrogens is 496 g/mol. The highest BCUT2D eigenvalue weighted by Gasteiger charge is 2.30. The third kappa shape index (κ3) is 5.39. The fourth-order valence-corrected chi connectivity index (χ4v) is 5.08. The van der Waals surface area contributed by atoms with Crippen LogP contribution in [0.5, 0.6) is 0 Å². The van der Waals surface area contributed by atoms with Gasteiger partial charge in [0.15, 0.2) is 9.84 Å². The van der Waals surface area contributed by atoms with Crippen molar-refractivity contribution in [1.82, 2.24) is 9.88 Å². The molecule has 3 rings (SSSR count). The Morgan fingerprint density at radius 3 is 2.43 bits per heavy atom. The number of hydrogen-bond acceptors (Lipinski definition) is 4. The van der Waals surface area contributed by atoms with Crippen molar-refractivity contribution in [3.05, 3.63) is 81.6 Å². The highest BCUT2D eigenvalue weighted by atomic mass is 35.5. The Hall–Kier alpha value is -3.22. The molecule has 0 spiro atoms. The minimum Gasteiger partial charge on any atom is -0.344 e. The van der Waals surface area contributed by atoms with E-state index >= 15 is 0 Å². The van der Waals surface area contributed by atoms with Gasteiger partial charge in [0, 0.05) is 29.4 Å². The summed E-state index contributed by atoms with van der Waals surface area (Å²) in [5.41, 5.74) is -0.0147. The predicted octanol–water partition coefficient (Wildman–Crippen LogP) is 5.10. The van der Waals surface area contributed by atoms with E-state index in [4.69, 9.17) is 11.6 Å². The second-order valence-electron chi connectivity index (χ2n) is 8.48. The molecule has 1 atom stereocenters. The third-order valence-electron chi connectivity index (χ3n) is 5.80. The topological polar surface area (TPSA) is 92.0 Å². The van der Waals surface area contributed by atoms with Crippen LogP contribution >= 0.6 is 11.6 Å². The van der Waals surface area contributed by atoms with Crippen LogP contribution in [-0.4, -0.2) is 29.9 Å². The molecule has 0 aliphatic carbocycles. The fraction of sp³-hybridized carbons (Fsp3) is 0.280. The molecule has 35 heavy (non-hydrogen) atoms. The average Bonchev–Trinajstić information content (AvgIpc) is 3.11. The van der Waals surface area contributed by atoms with Gasteiger partial charge in [0.05, 0.1) is 22.6 Å². The smallest absolute Gasteiger partial charge is 0.254 e. The summed E-state index contributed by atoms with van der Waals surface area (Å²) < 4.78 is 55.9. The van der Waals surface area contributed by atoms with Gasteiger partial charge in [0.2, 0.25) is 0 Å². The second kappa shape index (κ2) is 10.2. The zero-order valence-electron chi connectivity index (χ0n) is 19.6. The summed E-state index contributed by atoms with van der Waals surface area (Å²) in [4.78, 5) is 13.5. The van der Waals surface area contributed by atoms with Crippen molar-refractivity contribution >= 4 is 27.3 Å². The van der Waals surface area contributed by atoms with Crippen molar-refractivity contribution in [1.29, 1.82) is 5.26 Å². The first-order valence-corrected chi connectivity index (χ1v) is 12.8. The van der Waals surface area contributed by atoms with E-state index in [1.807, 2.05) is 6.07 Å². The number of rotatable bonds is 7. The lowest BCUT2D eigenvalue weighted by atomic mass is 9.95. The summed E-state index contributed by atoms with van der Waals surface area (Å²) in [6, 6.07) is 9.28. The molecule has 1 heterocycles. The Balaban J connectivity index is 2.15. The number of nitrogens with zero attached hydrogens (tertiary/aromatic N) is 2. The molecule has 0 bridgehead atoms. The van der Waals surface area contributed by atoms with E-state index in [1.54, 1.807) is 24.3 Å². The quantitative estimate of drug-likeness (QED) is 0.470. The van der Waals surface area contributed by atoms with Gasteiger partial charge in [-0.05, 0) is 56.2 Å². The van der Waals surface area contributed by atoms with Gasteiger partial charge in [0.1, 0.15) is 23.4 Å². The first kappa shape index (κ1) is 26.4. The predicted molar refractivity (Wildman–Crippen MR) is 131 cm³/mol. The highest BCUT2D eigenvalue weighted by Crippen LogP contribution is 2.35. The average molecular weight is 520 g/mol. The molecular formula is C25H24ClF2N3O3S. The van der Waals surface area contributed by atoms with Crippen LogP contribution in [0.25, 0.3) is 11.1 Å². The number of aromatic nitrogens is 1. The van der Waals surface area contributed by atoms with Gasteiger partial charge in [-0.15, -0.1) is 0 Å². The first-order valence-electron chi connectivity index (χ1n) is 10.7. The van der Waals surface area contributed by atoms with E-state index in [0.717, 1.165) is 12.1 Å². The summed E-state index contributed by atoms with van der Waals surface area (Å²) in [7, 11) is -2.10. The van der Waals surface area contributed by atoms with Gasteiger partial charge in [-0.25, -0.2) is 17.2 Å². The molecule has 1 aromatic heterocycles.